The Labute approximate surface area is 105 Å². The molecule has 1 aromatic rings. The molecule has 2 rings (SSSR count). The van der Waals surface area contributed by atoms with Gasteiger partial charge in [-0.3, -0.25) is 14.6 Å². The molecule has 1 aromatic heterocycles. The van der Waals surface area contributed by atoms with Gasteiger partial charge in [-0.05, 0) is 18.9 Å². The Hall–Kier alpha value is -2.11. The van der Waals surface area contributed by atoms with Crippen molar-refractivity contribution in [1.82, 2.24) is 15.6 Å². The van der Waals surface area contributed by atoms with Crippen LogP contribution in [-0.2, 0) is 4.79 Å². The van der Waals surface area contributed by atoms with E-state index in [0.717, 1.165) is 6.42 Å². The number of carbonyl (C=O) groups is 2. The van der Waals surface area contributed by atoms with Crippen LogP contribution in [0.15, 0.2) is 18.5 Å². The summed E-state index contributed by atoms with van der Waals surface area (Å²) in [6.07, 6.45) is 4.65. The average Bonchev–Trinajstić information content (AvgIpc) is 2.41. The summed E-state index contributed by atoms with van der Waals surface area (Å²) in [5.41, 5.74) is 1.14. The van der Waals surface area contributed by atoms with Crippen molar-refractivity contribution in [2.75, 3.05) is 18.9 Å². The number of anilines is 1. The van der Waals surface area contributed by atoms with Gasteiger partial charge in [0.05, 0.1) is 5.56 Å². The van der Waals surface area contributed by atoms with Crippen LogP contribution in [0.3, 0.4) is 0 Å². The molecule has 96 valence electrons. The van der Waals surface area contributed by atoms with E-state index in [1.165, 1.54) is 6.20 Å². The number of amides is 2. The fourth-order valence-corrected chi connectivity index (χ4v) is 1.94. The predicted octanol–water partition coefficient (Wildman–Crippen LogP) is 0.132. The van der Waals surface area contributed by atoms with Crippen molar-refractivity contribution in [3.8, 4) is 0 Å². The molecular weight excluding hydrogens is 232 g/mol. The third-order valence-corrected chi connectivity index (χ3v) is 2.93. The molecule has 1 unspecified atom stereocenters. The highest BCUT2D eigenvalue weighted by atomic mass is 16.2. The lowest BCUT2D eigenvalue weighted by atomic mass is 10.1. The molecule has 0 aromatic carbocycles. The summed E-state index contributed by atoms with van der Waals surface area (Å²) >= 11 is 0. The number of piperidine rings is 1. The first kappa shape index (κ1) is 12.3. The zero-order valence-corrected chi connectivity index (χ0v) is 10.2. The van der Waals surface area contributed by atoms with E-state index in [4.69, 9.17) is 0 Å². The van der Waals surface area contributed by atoms with E-state index in [9.17, 15) is 9.59 Å². The molecule has 0 radical (unpaired) electrons. The molecule has 18 heavy (non-hydrogen) atoms. The number of nitrogens with zero attached hydrogens (tertiary/aromatic N) is 1. The normalized spacial score (nSPS) is 18.9. The summed E-state index contributed by atoms with van der Waals surface area (Å²) in [5.74, 6) is -0.404. The number of carbonyl (C=O) groups excluding carboxylic acids is 2. The lowest BCUT2D eigenvalue weighted by molar-refractivity contribution is -0.124. The molecule has 6 nitrogen and oxygen atoms in total. The molecule has 1 saturated heterocycles. The Morgan fingerprint density at radius 1 is 1.56 bits per heavy atom. The van der Waals surface area contributed by atoms with Gasteiger partial charge in [-0.15, -0.1) is 0 Å². The van der Waals surface area contributed by atoms with E-state index in [-0.39, 0.29) is 11.8 Å². The van der Waals surface area contributed by atoms with E-state index in [1.807, 2.05) is 0 Å². The molecule has 1 atom stereocenters. The number of aromatic nitrogens is 1. The monoisotopic (exact) mass is 248 g/mol. The molecule has 0 saturated carbocycles. The van der Waals surface area contributed by atoms with Crippen LogP contribution >= 0.6 is 0 Å². The van der Waals surface area contributed by atoms with E-state index in [0.29, 0.717) is 24.2 Å². The molecule has 2 heterocycles. The number of pyridine rings is 1. The molecule has 0 aliphatic carbocycles. The van der Waals surface area contributed by atoms with E-state index in [2.05, 4.69) is 20.9 Å². The molecule has 6 heteroatoms. The van der Waals surface area contributed by atoms with Crippen LogP contribution < -0.4 is 16.0 Å². The first-order valence-corrected chi connectivity index (χ1v) is 5.92. The van der Waals surface area contributed by atoms with Gasteiger partial charge in [-0.2, -0.15) is 0 Å². The fraction of sp³-hybridized carbons (Fsp3) is 0.417. The third-order valence-electron chi connectivity index (χ3n) is 2.93. The Morgan fingerprint density at radius 3 is 3.11 bits per heavy atom. The van der Waals surface area contributed by atoms with Crippen LogP contribution in [0.5, 0.6) is 0 Å². The number of hydrogen-bond acceptors (Lipinski definition) is 4. The Morgan fingerprint density at radius 2 is 2.39 bits per heavy atom. The number of rotatable bonds is 3. The second-order valence-electron chi connectivity index (χ2n) is 4.13. The maximum atomic E-state index is 12.1. The van der Waals surface area contributed by atoms with Crippen molar-refractivity contribution in [2.45, 2.75) is 18.9 Å². The SMILES string of the molecule is CNc1ccncc1C(=O)NC1CCCNC1=O. The highest BCUT2D eigenvalue weighted by Crippen LogP contribution is 2.13. The van der Waals surface area contributed by atoms with Gasteiger partial charge >= 0.3 is 0 Å². The average molecular weight is 248 g/mol. The van der Waals surface area contributed by atoms with Gasteiger partial charge in [-0.25, -0.2) is 0 Å². The molecule has 1 aliphatic rings. The van der Waals surface area contributed by atoms with Crippen LogP contribution in [-0.4, -0.2) is 36.4 Å². The quantitative estimate of drug-likeness (QED) is 0.710. The van der Waals surface area contributed by atoms with Crippen LogP contribution in [0.1, 0.15) is 23.2 Å². The van der Waals surface area contributed by atoms with Crippen molar-refractivity contribution in [3.05, 3.63) is 24.0 Å². The minimum Gasteiger partial charge on any atom is -0.387 e. The molecule has 1 aliphatic heterocycles. The van der Waals surface area contributed by atoms with Crippen LogP contribution in [0.25, 0.3) is 0 Å². The van der Waals surface area contributed by atoms with Crippen molar-refractivity contribution in [3.63, 3.8) is 0 Å². The predicted molar refractivity (Wildman–Crippen MR) is 67.3 cm³/mol. The molecule has 2 amide bonds. The van der Waals surface area contributed by atoms with Crippen molar-refractivity contribution in [2.24, 2.45) is 0 Å². The zero-order chi connectivity index (χ0) is 13.0. The van der Waals surface area contributed by atoms with Gasteiger partial charge in [0.25, 0.3) is 5.91 Å². The van der Waals surface area contributed by atoms with Crippen LogP contribution in [0, 0.1) is 0 Å². The highest BCUT2D eigenvalue weighted by molar-refractivity contribution is 6.01. The van der Waals surface area contributed by atoms with Gasteiger partial charge in [-0.1, -0.05) is 0 Å². The van der Waals surface area contributed by atoms with E-state index >= 15 is 0 Å². The minimum absolute atomic E-state index is 0.121. The smallest absolute Gasteiger partial charge is 0.255 e. The van der Waals surface area contributed by atoms with Gasteiger partial charge in [0.15, 0.2) is 0 Å². The first-order valence-electron chi connectivity index (χ1n) is 5.92. The fourth-order valence-electron chi connectivity index (χ4n) is 1.94. The van der Waals surface area contributed by atoms with Crippen LogP contribution in [0.4, 0.5) is 5.69 Å². The number of hydrogen-bond donors (Lipinski definition) is 3. The maximum absolute atomic E-state index is 12.1. The molecule has 3 N–H and O–H groups in total. The zero-order valence-electron chi connectivity index (χ0n) is 10.2. The summed E-state index contributed by atoms with van der Waals surface area (Å²) in [5, 5.41) is 8.38. The second-order valence-corrected chi connectivity index (χ2v) is 4.13. The second kappa shape index (κ2) is 5.48. The minimum atomic E-state index is -0.448. The molecule has 0 spiro atoms. The largest absolute Gasteiger partial charge is 0.387 e. The van der Waals surface area contributed by atoms with E-state index < -0.39 is 6.04 Å². The van der Waals surface area contributed by atoms with Crippen molar-refractivity contribution >= 4 is 17.5 Å². The molecule has 1 fully saturated rings. The number of nitrogens with one attached hydrogen (secondary N) is 3. The maximum Gasteiger partial charge on any atom is 0.255 e. The Bertz CT molecular complexity index is 461. The Kier molecular flexibility index (Phi) is 3.76. The lowest BCUT2D eigenvalue weighted by Gasteiger charge is -2.23. The van der Waals surface area contributed by atoms with E-state index in [1.54, 1.807) is 19.3 Å². The Balaban J connectivity index is 2.09. The van der Waals surface area contributed by atoms with Crippen molar-refractivity contribution in [1.29, 1.82) is 0 Å². The highest BCUT2D eigenvalue weighted by Gasteiger charge is 2.24. The van der Waals surface area contributed by atoms with Gasteiger partial charge < -0.3 is 16.0 Å². The molecular formula is C12H16N4O2. The first-order chi connectivity index (χ1) is 8.72. The standard InChI is InChI=1S/C12H16N4O2/c1-13-9-4-6-14-7-8(9)11(17)16-10-3-2-5-15-12(10)18/h4,6-7,10H,2-3,5H2,1H3,(H,13,14)(H,15,18)(H,16,17). The summed E-state index contributed by atoms with van der Waals surface area (Å²) < 4.78 is 0. The molecule has 0 bridgehead atoms. The van der Waals surface area contributed by atoms with Crippen molar-refractivity contribution < 1.29 is 9.59 Å². The summed E-state index contributed by atoms with van der Waals surface area (Å²) in [6, 6.07) is 1.27. The summed E-state index contributed by atoms with van der Waals surface area (Å²) in [4.78, 5) is 27.6. The summed E-state index contributed by atoms with van der Waals surface area (Å²) in [7, 11) is 1.74. The van der Waals surface area contributed by atoms with Crippen LogP contribution in [0.2, 0.25) is 0 Å². The van der Waals surface area contributed by atoms with Gasteiger partial charge in [0, 0.05) is 31.7 Å². The third kappa shape index (κ3) is 2.58. The summed E-state index contributed by atoms with van der Waals surface area (Å²) in [6.45, 7) is 0.680. The van der Waals surface area contributed by atoms with Gasteiger partial charge in [0.1, 0.15) is 6.04 Å². The van der Waals surface area contributed by atoms with Gasteiger partial charge in [0.2, 0.25) is 5.91 Å². The topological polar surface area (TPSA) is 83.1 Å². The lowest BCUT2D eigenvalue weighted by Crippen LogP contribution is -2.50.